The fourth-order valence-electron chi connectivity index (χ4n) is 5.04. The van der Waals surface area contributed by atoms with E-state index in [1.165, 1.54) is 0 Å². The first kappa shape index (κ1) is 24.3. The Morgan fingerprint density at radius 3 is 2.53 bits per heavy atom. The van der Waals surface area contributed by atoms with Crippen molar-refractivity contribution in [2.24, 2.45) is 5.92 Å². The van der Waals surface area contributed by atoms with Crippen LogP contribution < -0.4 is 20.3 Å². The van der Waals surface area contributed by atoms with Crippen molar-refractivity contribution >= 4 is 5.91 Å². The lowest BCUT2D eigenvalue weighted by molar-refractivity contribution is -0.131. The van der Waals surface area contributed by atoms with Gasteiger partial charge in [0.15, 0.2) is 11.5 Å². The largest absolute Gasteiger partial charge is 0.508 e. The van der Waals surface area contributed by atoms with Crippen molar-refractivity contribution < 1.29 is 24.1 Å². The quantitative estimate of drug-likeness (QED) is 0.492. The maximum absolute atomic E-state index is 13.5. The second-order valence-corrected chi connectivity index (χ2v) is 8.84. The molecular weight excluding hydrogens is 434 g/mol. The number of carbonyl (C=O) groups is 1. The Labute approximate surface area is 201 Å². The molecule has 0 spiro atoms. The lowest BCUT2D eigenvalue weighted by Crippen LogP contribution is -2.42. The van der Waals surface area contributed by atoms with Gasteiger partial charge in [-0.3, -0.25) is 4.79 Å². The van der Waals surface area contributed by atoms with E-state index in [0.717, 1.165) is 23.1 Å². The minimum atomic E-state index is -0.418. The Morgan fingerprint density at radius 1 is 1.00 bits per heavy atom. The van der Waals surface area contributed by atoms with Gasteiger partial charge in [0.05, 0.1) is 31.9 Å². The van der Waals surface area contributed by atoms with Crippen molar-refractivity contribution in [3.8, 4) is 17.2 Å². The summed E-state index contributed by atoms with van der Waals surface area (Å²) >= 11 is 0. The van der Waals surface area contributed by atoms with Crippen molar-refractivity contribution in [2.75, 3.05) is 33.5 Å². The standard InChI is InChI=1S/C26H35N3O5/c1-5-12-34-20-10-8-17(15-21(20)33-6-2)25-22-23(18-14-16(3)7-9-19(18)30)27-28-24(22)26(31)29(25)11-13-32-4/h7-10,14-15,22-25,27-28,30H,5-6,11-13H2,1-4H3. The number of aromatic hydroxyl groups is 1. The van der Waals surface area contributed by atoms with Crippen molar-refractivity contribution in [3.63, 3.8) is 0 Å². The zero-order chi connectivity index (χ0) is 24.2. The molecule has 3 N–H and O–H groups in total. The third kappa shape index (κ3) is 4.58. The van der Waals surface area contributed by atoms with Crippen LogP contribution in [0.25, 0.3) is 0 Å². The number of phenols is 1. The molecule has 184 valence electrons. The molecule has 0 aromatic heterocycles. The molecule has 2 saturated heterocycles. The van der Waals surface area contributed by atoms with E-state index in [9.17, 15) is 9.90 Å². The molecule has 2 aromatic rings. The Kier molecular flexibility index (Phi) is 7.60. The fourth-order valence-corrected chi connectivity index (χ4v) is 5.04. The maximum atomic E-state index is 13.5. The summed E-state index contributed by atoms with van der Waals surface area (Å²) in [7, 11) is 1.64. The number of rotatable bonds is 10. The van der Waals surface area contributed by atoms with E-state index < -0.39 is 6.04 Å². The van der Waals surface area contributed by atoms with E-state index >= 15 is 0 Å². The number of hydrogen-bond acceptors (Lipinski definition) is 7. The van der Waals surface area contributed by atoms with Crippen LogP contribution in [-0.4, -0.2) is 55.4 Å². The Bertz CT molecular complexity index is 1010. The predicted molar refractivity (Wildman–Crippen MR) is 129 cm³/mol. The lowest BCUT2D eigenvalue weighted by Gasteiger charge is -2.32. The van der Waals surface area contributed by atoms with Crippen LogP contribution in [0.4, 0.5) is 0 Å². The van der Waals surface area contributed by atoms with E-state index in [4.69, 9.17) is 14.2 Å². The second-order valence-electron chi connectivity index (χ2n) is 8.84. The highest BCUT2D eigenvalue weighted by molar-refractivity contribution is 5.86. The number of hydrazine groups is 1. The summed E-state index contributed by atoms with van der Waals surface area (Å²) < 4.78 is 17.1. The number of aryl methyl sites for hydroxylation is 1. The average Bonchev–Trinajstić information content (AvgIpc) is 3.37. The van der Waals surface area contributed by atoms with Gasteiger partial charge in [-0.15, -0.1) is 0 Å². The van der Waals surface area contributed by atoms with Gasteiger partial charge in [0.1, 0.15) is 11.8 Å². The van der Waals surface area contributed by atoms with Gasteiger partial charge in [-0.2, -0.15) is 0 Å². The summed E-state index contributed by atoms with van der Waals surface area (Å²) in [6, 6.07) is 10.6. The monoisotopic (exact) mass is 469 g/mol. The van der Waals surface area contributed by atoms with Crippen LogP contribution in [0.5, 0.6) is 17.2 Å². The van der Waals surface area contributed by atoms with Crippen LogP contribution in [0.2, 0.25) is 0 Å². The Balaban J connectivity index is 1.77. The molecule has 0 radical (unpaired) electrons. The van der Waals surface area contributed by atoms with Gasteiger partial charge in [0.25, 0.3) is 0 Å². The molecule has 0 aliphatic carbocycles. The first-order valence-corrected chi connectivity index (χ1v) is 12.0. The number of fused-ring (bicyclic) bond motifs is 1. The fraction of sp³-hybridized carbons (Fsp3) is 0.500. The van der Waals surface area contributed by atoms with Crippen molar-refractivity contribution in [1.82, 2.24) is 15.8 Å². The topological polar surface area (TPSA) is 92.3 Å². The zero-order valence-electron chi connectivity index (χ0n) is 20.3. The maximum Gasteiger partial charge on any atom is 0.242 e. The normalized spacial score (nSPS) is 23.9. The second kappa shape index (κ2) is 10.6. The van der Waals surface area contributed by atoms with Crippen molar-refractivity contribution in [3.05, 3.63) is 53.1 Å². The zero-order valence-corrected chi connectivity index (χ0v) is 20.3. The minimum absolute atomic E-state index is 0.0125. The van der Waals surface area contributed by atoms with Gasteiger partial charge in [0, 0.05) is 25.1 Å². The number of amides is 1. The number of ether oxygens (including phenoxy) is 3. The van der Waals surface area contributed by atoms with E-state index in [0.29, 0.717) is 37.9 Å². The predicted octanol–water partition coefficient (Wildman–Crippen LogP) is 3.25. The Hall–Kier alpha value is -2.81. The molecule has 0 saturated carbocycles. The highest BCUT2D eigenvalue weighted by atomic mass is 16.5. The van der Waals surface area contributed by atoms with Crippen LogP contribution in [-0.2, 0) is 9.53 Å². The summed E-state index contributed by atoms with van der Waals surface area (Å²) in [4.78, 5) is 15.4. The first-order chi connectivity index (χ1) is 16.5. The van der Waals surface area contributed by atoms with E-state index in [2.05, 4.69) is 17.8 Å². The van der Waals surface area contributed by atoms with E-state index in [1.807, 2.05) is 49.1 Å². The molecule has 2 fully saturated rings. The molecule has 1 amide bonds. The van der Waals surface area contributed by atoms with Crippen molar-refractivity contribution in [2.45, 2.75) is 45.3 Å². The molecule has 34 heavy (non-hydrogen) atoms. The van der Waals surface area contributed by atoms with Gasteiger partial charge in [-0.25, -0.2) is 10.9 Å². The smallest absolute Gasteiger partial charge is 0.242 e. The Morgan fingerprint density at radius 2 is 1.79 bits per heavy atom. The highest BCUT2D eigenvalue weighted by Crippen LogP contribution is 2.49. The molecule has 2 heterocycles. The number of methoxy groups -OCH3 is 1. The van der Waals surface area contributed by atoms with Crippen LogP contribution >= 0.6 is 0 Å². The molecule has 8 nitrogen and oxygen atoms in total. The summed E-state index contributed by atoms with van der Waals surface area (Å²) in [5.74, 6) is 1.45. The van der Waals surface area contributed by atoms with Crippen LogP contribution in [0.3, 0.4) is 0 Å². The number of carbonyl (C=O) groups excluding carboxylic acids is 1. The van der Waals surface area contributed by atoms with Gasteiger partial charge >= 0.3 is 0 Å². The van der Waals surface area contributed by atoms with Gasteiger partial charge in [-0.05, 0) is 44.0 Å². The van der Waals surface area contributed by atoms with E-state index in [-0.39, 0.29) is 29.7 Å². The molecule has 4 rings (SSSR count). The molecule has 8 heteroatoms. The van der Waals surface area contributed by atoms with Gasteiger partial charge in [0.2, 0.25) is 5.91 Å². The van der Waals surface area contributed by atoms with Gasteiger partial charge < -0.3 is 24.2 Å². The van der Waals surface area contributed by atoms with Crippen molar-refractivity contribution in [1.29, 1.82) is 0 Å². The highest BCUT2D eigenvalue weighted by Gasteiger charge is 2.55. The summed E-state index contributed by atoms with van der Waals surface area (Å²) in [5.41, 5.74) is 9.27. The summed E-state index contributed by atoms with van der Waals surface area (Å²) in [6.07, 6.45) is 0.901. The SMILES string of the molecule is CCCOc1ccc(C2C3C(NNC3c3cc(C)ccc3O)C(=O)N2CCOC)cc1OCC. The van der Waals surface area contributed by atoms with Gasteiger partial charge in [-0.1, -0.05) is 30.7 Å². The number of likely N-dealkylation sites (tertiary alicyclic amines) is 1. The number of nitrogens with zero attached hydrogens (tertiary/aromatic N) is 1. The molecule has 4 unspecified atom stereocenters. The number of nitrogens with one attached hydrogen (secondary N) is 2. The third-order valence-corrected chi connectivity index (χ3v) is 6.54. The molecule has 2 aliphatic heterocycles. The first-order valence-electron chi connectivity index (χ1n) is 12.0. The van der Waals surface area contributed by atoms with Crippen LogP contribution in [0.15, 0.2) is 36.4 Å². The molecule has 2 aromatic carbocycles. The number of phenolic OH excluding ortho intramolecular Hbond substituents is 1. The number of hydrogen-bond donors (Lipinski definition) is 3. The summed E-state index contributed by atoms with van der Waals surface area (Å²) in [6.45, 7) is 8.02. The van der Waals surface area contributed by atoms with E-state index in [1.54, 1.807) is 13.2 Å². The number of benzene rings is 2. The van der Waals surface area contributed by atoms with Crippen LogP contribution in [0, 0.1) is 12.8 Å². The molecule has 4 atom stereocenters. The summed E-state index contributed by atoms with van der Waals surface area (Å²) in [5, 5.41) is 10.7. The molecule has 2 aliphatic rings. The molecule has 0 bridgehead atoms. The van der Waals surface area contributed by atoms with Crippen LogP contribution in [0.1, 0.15) is 49.0 Å². The average molecular weight is 470 g/mol. The minimum Gasteiger partial charge on any atom is -0.508 e. The lowest BCUT2D eigenvalue weighted by atomic mass is 9.82. The molecular formula is C26H35N3O5. The third-order valence-electron chi connectivity index (χ3n) is 6.54.